The highest BCUT2D eigenvalue weighted by molar-refractivity contribution is 5.96. The molecule has 2 bridgehead atoms. The lowest BCUT2D eigenvalue weighted by molar-refractivity contribution is -0.147. The van der Waals surface area contributed by atoms with Gasteiger partial charge in [-0.1, -0.05) is 12.5 Å². The van der Waals surface area contributed by atoms with E-state index < -0.39 is 5.97 Å². The van der Waals surface area contributed by atoms with Crippen LogP contribution >= 0.6 is 0 Å². The molecule has 1 aromatic carbocycles. The number of carbonyl (C=O) groups is 3. The fourth-order valence-corrected chi connectivity index (χ4v) is 4.64. The summed E-state index contributed by atoms with van der Waals surface area (Å²) in [6.07, 6.45) is 5.08. The first-order chi connectivity index (χ1) is 13.3. The molecule has 0 saturated heterocycles. The van der Waals surface area contributed by atoms with Crippen LogP contribution in [0.15, 0.2) is 18.2 Å². The number of esters is 1. The van der Waals surface area contributed by atoms with Gasteiger partial charge in [0.25, 0.3) is 11.8 Å². The summed E-state index contributed by atoms with van der Waals surface area (Å²) in [5.74, 6) is 0.839. The molecule has 0 aliphatic heterocycles. The van der Waals surface area contributed by atoms with Crippen LogP contribution in [0.2, 0.25) is 0 Å². The van der Waals surface area contributed by atoms with Gasteiger partial charge in [-0.15, -0.1) is 0 Å². The van der Waals surface area contributed by atoms with Gasteiger partial charge in [-0.2, -0.15) is 0 Å². The third-order valence-electron chi connectivity index (χ3n) is 6.35. The minimum absolute atomic E-state index is 0.103. The van der Waals surface area contributed by atoms with Crippen molar-refractivity contribution in [2.24, 2.45) is 17.8 Å². The fourth-order valence-electron chi connectivity index (χ4n) is 4.64. The number of amides is 2. The van der Waals surface area contributed by atoms with Crippen LogP contribution in [0.1, 0.15) is 54.1 Å². The topological polar surface area (TPSA) is 84.5 Å². The number of fused-ring (bicyclic) bond motifs is 2. The molecule has 3 rings (SSSR count). The van der Waals surface area contributed by atoms with Gasteiger partial charge in [-0.05, 0) is 81.0 Å². The molecule has 6 nitrogen and oxygen atoms in total. The number of aryl methyl sites for hydroxylation is 2. The van der Waals surface area contributed by atoms with Crippen LogP contribution in [-0.4, -0.2) is 37.0 Å². The number of hydrogen-bond acceptors (Lipinski definition) is 4. The minimum Gasteiger partial charge on any atom is -0.454 e. The van der Waals surface area contributed by atoms with E-state index in [1.54, 1.807) is 12.1 Å². The second-order valence-corrected chi connectivity index (χ2v) is 8.34. The lowest BCUT2D eigenvalue weighted by atomic mass is 9.84. The zero-order valence-corrected chi connectivity index (χ0v) is 16.9. The molecule has 0 aromatic heterocycles. The molecular formula is C22H30N2O4. The first kappa shape index (κ1) is 20.4. The van der Waals surface area contributed by atoms with Crippen molar-refractivity contribution in [3.8, 4) is 0 Å². The molecule has 2 N–H and O–H groups in total. The average molecular weight is 386 g/mol. The van der Waals surface area contributed by atoms with E-state index >= 15 is 0 Å². The number of benzene rings is 1. The van der Waals surface area contributed by atoms with Crippen molar-refractivity contribution in [1.29, 1.82) is 0 Å². The van der Waals surface area contributed by atoms with Gasteiger partial charge in [0.15, 0.2) is 6.61 Å². The Hall–Kier alpha value is -2.37. The van der Waals surface area contributed by atoms with Crippen molar-refractivity contribution in [2.75, 3.05) is 13.2 Å². The van der Waals surface area contributed by atoms with E-state index in [0.717, 1.165) is 23.0 Å². The quantitative estimate of drug-likeness (QED) is 0.705. The van der Waals surface area contributed by atoms with Crippen LogP contribution in [0.5, 0.6) is 0 Å². The average Bonchev–Trinajstić information content (AvgIpc) is 3.30. The Balaban J connectivity index is 1.36. The molecule has 6 heteroatoms. The number of carbonyl (C=O) groups excluding carboxylic acids is 3. The van der Waals surface area contributed by atoms with Gasteiger partial charge in [0.1, 0.15) is 6.54 Å². The number of hydrogen-bond donors (Lipinski definition) is 2. The maximum absolute atomic E-state index is 12.1. The molecule has 0 spiro atoms. The van der Waals surface area contributed by atoms with E-state index in [1.165, 1.54) is 25.7 Å². The van der Waals surface area contributed by atoms with Crippen LogP contribution in [0, 0.1) is 31.6 Å². The van der Waals surface area contributed by atoms with Crippen LogP contribution in [0.4, 0.5) is 0 Å². The fraction of sp³-hybridized carbons (Fsp3) is 0.591. The van der Waals surface area contributed by atoms with E-state index in [9.17, 15) is 14.4 Å². The Labute approximate surface area is 166 Å². The molecule has 152 valence electrons. The molecule has 0 radical (unpaired) electrons. The summed E-state index contributed by atoms with van der Waals surface area (Å²) in [5, 5.41) is 5.49. The highest BCUT2D eigenvalue weighted by Crippen LogP contribution is 2.49. The maximum Gasteiger partial charge on any atom is 0.325 e. The van der Waals surface area contributed by atoms with E-state index in [2.05, 4.69) is 10.6 Å². The van der Waals surface area contributed by atoms with E-state index in [1.807, 2.05) is 26.8 Å². The molecule has 2 aliphatic carbocycles. The zero-order valence-electron chi connectivity index (χ0n) is 16.9. The predicted molar refractivity (Wildman–Crippen MR) is 106 cm³/mol. The summed E-state index contributed by atoms with van der Waals surface area (Å²) in [6.45, 7) is 5.35. The van der Waals surface area contributed by atoms with E-state index in [0.29, 0.717) is 11.5 Å². The SMILES string of the molecule is Cc1ccc(C(=O)NCC(=O)OCC(=O)N[C@@H](C)[C@H]2C[C@H]3CC[C@H]2C3)cc1C. The Morgan fingerprint density at radius 2 is 1.93 bits per heavy atom. The summed E-state index contributed by atoms with van der Waals surface area (Å²) < 4.78 is 4.99. The summed E-state index contributed by atoms with van der Waals surface area (Å²) in [5.41, 5.74) is 2.60. The number of ether oxygens (including phenoxy) is 1. The normalized spacial score (nSPS) is 23.9. The first-order valence-electron chi connectivity index (χ1n) is 10.1. The van der Waals surface area contributed by atoms with Crippen molar-refractivity contribution >= 4 is 17.8 Å². The second-order valence-electron chi connectivity index (χ2n) is 8.34. The van der Waals surface area contributed by atoms with Crippen molar-refractivity contribution < 1.29 is 19.1 Å². The van der Waals surface area contributed by atoms with Crippen molar-refractivity contribution in [3.05, 3.63) is 34.9 Å². The lowest BCUT2D eigenvalue weighted by Crippen LogP contribution is -2.42. The third kappa shape index (κ3) is 4.91. The van der Waals surface area contributed by atoms with Gasteiger partial charge >= 0.3 is 5.97 Å². The van der Waals surface area contributed by atoms with Gasteiger partial charge < -0.3 is 15.4 Å². The molecule has 0 heterocycles. The second kappa shape index (κ2) is 8.76. The summed E-state index contributed by atoms with van der Waals surface area (Å²) in [4.78, 5) is 36.0. The van der Waals surface area contributed by atoms with Gasteiger partial charge in [0, 0.05) is 11.6 Å². The Kier molecular flexibility index (Phi) is 6.37. The predicted octanol–water partition coefficient (Wildman–Crippen LogP) is 2.52. The molecule has 2 fully saturated rings. The highest BCUT2D eigenvalue weighted by atomic mass is 16.5. The summed E-state index contributed by atoms with van der Waals surface area (Å²) in [7, 11) is 0. The third-order valence-corrected chi connectivity index (χ3v) is 6.35. The lowest BCUT2D eigenvalue weighted by Gasteiger charge is -2.28. The molecule has 2 aliphatic rings. The van der Waals surface area contributed by atoms with Gasteiger partial charge in [0.05, 0.1) is 0 Å². The molecule has 28 heavy (non-hydrogen) atoms. The van der Waals surface area contributed by atoms with Crippen molar-refractivity contribution in [3.63, 3.8) is 0 Å². The van der Waals surface area contributed by atoms with Crippen LogP contribution in [0.25, 0.3) is 0 Å². The van der Waals surface area contributed by atoms with Gasteiger partial charge in [-0.25, -0.2) is 0 Å². The number of rotatable bonds is 7. The van der Waals surface area contributed by atoms with E-state index in [4.69, 9.17) is 4.74 Å². The van der Waals surface area contributed by atoms with Crippen LogP contribution < -0.4 is 10.6 Å². The Morgan fingerprint density at radius 1 is 1.14 bits per heavy atom. The monoisotopic (exact) mass is 386 g/mol. The molecule has 4 atom stereocenters. The molecular weight excluding hydrogens is 356 g/mol. The standard InChI is InChI=1S/C22H30N2O4/c1-13-4-6-18(8-14(13)2)22(27)23-11-21(26)28-12-20(25)24-15(3)19-10-16-5-7-17(19)9-16/h4,6,8,15-17,19H,5,7,9-12H2,1-3H3,(H,23,27)(H,24,25)/t15-,16-,17-,19+/m0/s1. The van der Waals surface area contributed by atoms with Crippen LogP contribution in [-0.2, 0) is 14.3 Å². The van der Waals surface area contributed by atoms with E-state index in [-0.39, 0.29) is 31.0 Å². The Morgan fingerprint density at radius 3 is 2.57 bits per heavy atom. The summed E-state index contributed by atoms with van der Waals surface area (Å²) >= 11 is 0. The summed E-state index contributed by atoms with van der Waals surface area (Å²) in [6, 6.07) is 5.46. The molecule has 1 aromatic rings. The number of nitrogens with one attached hydrogen (secondary N) is 2. The molecule has 0 unspecified atom stereocenters. The first-order valence-corrected chi connectivity index (χ1v) is 10.1. The largest absolute Gasteiger partial charge is 0.454 e. The minimum atomic E-state index is -0.625. The van der Waals surface area contributed by atoms with Crippen molar-refractivity contribution in [2.45, 2.75) is 52.5 Å². The highest BCUT2D eigenvalue weighted by Gasteiger charge is 2.42. The van der Waals surface area contributed by atoms with Gasteiger partial charge in [-0.3, -0.25) is 14.4 Å². The van der Waals surface area contributed by atoms with Gasteiger partial charge in [0.2, 0.25) is 0 Å². The zero-order chi connectivity index (χ0) is 20.3. The molecule has 2 amide bonds. The Bertz CT molecular complexity index is 761. The maximum atomic E-state index is 12.1. The van der Waals surface area contributed by atoms with Crippen LogP contribution in [0.3, 0.4) is 0 Å². The smallest absolute Gasteiger partial charge is 0.325 e. The molecule has 2 saturated carbocycles. The van der Waals surface area contributed by atoms with Crippen molar-refractivity contribution in [1.82, 2.24) is 10.6 Å².